The van der Waals surface area contributed by atoms with Gasteiger partial charge in [0, 0.05) is 18.1 Å². The number of allylic oxidation sites excluding steroid dienone is 1. The second-order valence-corrected chi connectivity index (χ2v) is 10.4. The smallest absolute Gasteiger partial charge is 0.188 e. The zero-order valence-corrected chi connectivity index (χ0v) is 19.7. The summed E-state index contributed by atoms with van der Waals surface area (Å²) in [5.74, 6) is 1.53. The predicted octanol–water partition coefficient (Wildman–Crippen LogP) is 7.65. The predicted molar refractivity (Wildman–Crippen MR) is 133 cm³/mol. The van der Waals surface area contributed by atoms with E-state index in [1.54, 1.807) is 11.1 Å². The van der Waals surface area contributed by atoms with E-state index in [0.29, 0.717) is 0 Å². The molecule has 2 bridgehead atoms. The molecule has 0 N–H and O–H groups in total. The normalized spacial score (nSPS) is 29.3. The van der Waals surface area contributed by atoms with Gasteiger partial charge in [0.1, 0.15) is 0 Å². The van der Waals surface area contributed by atoms with Gasteiger partial charge in [-0.1, -0.05) is 62.9 Å². The van der Waals surface area contributed by atoms with E-state index in [1.165, 1.54) is 47.2 Å². The van der Waals surface area contributed by atoms with Gasteiger partial charge in [0.25, 0.3) is 0 Å². The summed E-state index contributed by atoms with van der Waals surface area (Å²) in [4.78, 5) is 0. The molecule has 1 heteroatoms. The van der Waals surface area contributed by atoms with Crippen LogP contribution in [0.3, 0.4) is 0 Å². The highest BCUT2D eigenvalue weighted by atomic mass is 15.1. The Hall–Kier alpha value is -2.67. The van der Waals surface area contributed by atoms with Gasteiger partial charge in [0.15, 0.2) is 11.7 Å². The molecular formula is C31H34N+. The summed E-state index contributed by atoms with van der Waals surface area (Å²) >= 11 is 0. The Kier molecular flexibility index (Phi) is 4.31. The van der Waals surface area contributed by atoms with E-state index >= 15 is 0 Å². The molecule has 2 heterocycles. The van der Waals surface area contributed by atoms with Crippen LogP contribution < -0.4 is 4.57 Å². The van der Waals surface area contributed by atoms with E-state index in [2.05, 4.69) is 98.8 Å². The second kappa shape index (κ2) is 6.91. The molecule has 1 nitrogen and oxygen atoms in total. The van der Waals surface area contributed by atoms with Crippen LogP contribution in [0.4, 0.5) is 0 Å². The highest BCUT2D eigenvalue weighted by Crippen LogP contribution is 2.56. The maximum atomic E-state index is 4.43. The maximum absolute atomic E-state index is 4.43. The standard InChI is InChI=1S/C31H34N/c1-5-30(4)28-16-15-22(21-11-9-8-10-12-21)18-26(28)29-19-25-23-13-14-24(17-23)27(25)20-32(29)31(30,6-2)7-3/h6,8-12,15-16,18-20,23-24H,2,5,7,13-14,17H2,1,3-4H3/q+1. The monoisotopic (exact) mass is 420 g/mol. The molecule has 2 aliphatic carbocycles. The molecule has 3 aromatic rings. The van der Waals surface area contributed by atoms with E-state index in [9.17, 15) is 0 Å². The van der Waals surface area contributed by atoms with Crippen molar-refractivity contribution in [1.29, 1.82) is 0 Å². The van der Waals surface area contributed by atoms with Crippen molar-refractivity contribution in [1.82, 2.24) is 0 Å². The number of hydrogen-bond acceptors (Lipinski definition) is 0. The van der Waals surface area contributed by atoms with Crippen LogP contribution in [0.2, 0.25) is 0 Å². The number of benzene rings is 2. The Balaban J connectivity index is 1.68. The molecule has 32 heavy (non-hydrogen) atoms. The topological polar surface area (TPSA) is 3.88 Å². The Morgan fingerprint density at radius 2 is 1.69 bits per heavy atom. The number of fused-ring (bicyclic) bond motifs is 8. The third kappa shape index (κ3) is 2.37. The van der Waals surface area contributed by atoms with Crippen LogP contribution in [0, 0.1) is 0 Å². The lowest BCUT2D eigenvalue weighted by Crippen LogP contribution is -2.68. The van der Waals surface area contributed by atoms with E-state index in [-0.39, 0.29) is 11.0 Å². The molecule has 3 aliphatic rings. The fourth-order valence-corrected chi connectivity index (χ4v) is 7.43. The zero-order valence-electron chi connectivity index (χ0n) is 19.7. The first kappa shape index (κ1) is 20.0. The van der Waals surface area contributed by atoms with Gasteiger partial charge in [0.05, 0.1) is 11.0 Å². The van der Waals surface area contributed by atoms with Gasteiger partial charge in [-0.05, 0) is 78.8 Å². The minimum Gasteiger partial charge on any atom is -0.188 e. The van der Waals surface area contributed by atoms with Crippen LogP contribution in [-0.4, -0.2) is 0 Å². The van der Waals surface area contributed by atoms with Gasteiger partial charge in [-0.25, -0.2) is 0 Å². The summed E-state index contributed by atoms with van der Waals surface area (Å²) in [5, 5.41) is 0. The first-order valence-electron chi connectivity index (χ1n) is 12.5. The minimum absolute atomic E-state index is 0.00241. The SMILES string of the molecule is C=CC1(CC)[n+]2cc3c(cc2-c2cc(-c4ccccc4)ccc2C1(C)CC)C1CCC3C1. The fraction of sp³-hybridized carbons (Fsp3) is 0.387. The van der Waals surface area contributed by atoms with Crippen molar-refractivity contribution in [3.63, 3.8) is 0 Å². The van der Waals surface area contributed by atoms with Crippen LogP contribution >= 0.6 is 0 Å². The molecule has 1 fully saturated rings. The van der Waals surface area contributed by atoms with Crippen LogP contribution in [0.5, 0.6) is 0 Å². The van der Waals surface area contributed by atoms with Gasteiger partial charge in [-0.2, -0.15) is 4.57 Å². The third-order valence-electron chi connectivity index (χ3n) is 9.43. The molecule has 1 aromatic heterocycles. The summed E-state index contributed by atoms with van der Waals surface area (Å²) in [6, 6.07) is 20.6. The van der Waals surface area contributed by atoms with Gasteiger partial charge < -0.3 is 0 Å². The van der Waals surface area contributed by atoms with Crippen LogP contribution in [0.15, 0.2) is 73.4 Å². The van der Waals surface area contributed by atoms with Gasteiger partial charge in [-0.3, -0.25) is 0 Å². The van der Waals surface area contributed by atoms with Crippen molar-refractivity contribution in [2.45, 2.75) is 75.7 Å². The quantitative estimate of drug-likeness (QED) is 0.301. The van der Waals surface area contributed by atoms with E-state index in [0.717, 1.165) is 24.7 Å². The van der Waals surface area contributed by atoms with E-state index < -0.39 is 0 Å². The largest absolute Gasteiger partial charge is 0.213 e. The van der Waals surface area contributed by atoms with Crippen molar-refractivity contribution >= 4 is 0 Å². The van der Waals surface area contributed by atoms with Crippen LogP contribution in [-0.2, 0) is 11.0 Å². The Morgan fingerprint density at radius 1 is 0.938 bits per heavy atom. The van der Waals surface area contributed by atoms with Crippen molar-refractivity contribution in [3.05, 3.63) is 90.1 Å². The molecule has 6 rings (SSSR count). The number of rotatable bonds is 4. The van der Waals surface area contributed by atoms with E-state index in [1.807, 2.05) is 0 Å². The minimum atomic E-state index is -0.116. The molecule has 0 amide bonds. The lowest BCUT2D eigenvalue weighted by Gasteiger charge is -2.46. The molecule has 0 saturated heterocycles. The Bertz CT molecular complexity index is 1220. The number of hydrogen-bond donors (Lipinski definition) is 0. The van der Waals surface area contributed by atoms with Gasteiger partial charge >= 0.3 is 0 Å². The first-order valence-corrected chi connectivity index (χ1v) is 12.5. The van der Waals surface area contributed by atoms with Crippen molar-refractivity contribution in [2.75, 3.05) is 0 Å². The van der Waals surface area contributed by atoms with Gasteiger partial charge in [-0.15, -0.1) is 0 Å². The maximum Gasteiger partial charge on any atom is 0.213 e. The third-order valence-corrected chi connectivity index (χ3v) is 9.43. The lowest BCUT2D eigenvalue weighted by molar-refractivity contribution is -0.756. The summed E-state index contributed by atoms with van der Waals surface area (Å²) in [5.41, 5.74) is 9.99. The van der Waals surface area contributed by atoms with E-state index in [4.69, 9.17) is 0 Å². The lowest BCUT2D eigenvalue weighted by atomic mass is 9.59. The van der Waals surface area contributed by atoms with Crippen molar-refractivity contribution in [3.8, 4) is 22.4 Å². The summed E-state index contributed by atoms with van der Waals surface area (Å²) < 4.78 is 2.64. The second-order valence-electron chi connectivity index (χ2n) is 10.4. The molecule has 4 atom stereocenters. The summed E-state index contributed by atoms with van der Waals surface area (Å²) in [6.07, 6.45) is 11.0. The van der Waals surface area contributed by atoms with Crippen molar-refractivity contribution in [2.24, 2.45) is 0 Å². The molecule has 1 aliphatic heterocycles. The van der Waals surface area contributed by atoms with Crippen LogP contribution in [0.1, 0.15) is 81.4 Å². The zero-order chi connectivity index (χ0) is 22.1. The average molecular weight is 421 g/mol. The highest BCUT2D eigenvalue weighted by molar-refractivity contribution is 5.75. The molecule has 0 radical (unpaired) electrons. The molecule has 4 unspecified atom stereocenters. The molecule has 162 valence electrons. The number of aromatic nitrogens is 1. The molecular weight excluding hydrogens is 386 g/mol. The Labute approximate surface area is 192 Å². The highest BCUT2D eigenvalue weighted by Gasteiger charge is 2.58. The molecule has 1 saturated carbocycles. The van der Waals surface area contributed by atoms with Crippen LogP contribution in [0.25, 0.3) is 22.4 Å². The molecule has 0 spiro atoms. The first-order chi connectivity index (χ1) is 15.6. The average Bonchev–Trinajstić information content (AvgIpc) is 3.47. The number of pyridine rings is 1. The molecule has 2 aromatic carbocycles. The van der Waals surface area contributed by atoms with Gasteiger partial charge in [0.2, 0.25) is 5.69 Å². The summed E-state index contributed by atoms with van der Waals surface area (Å²) in [7, 11) is 0. The summed E-state index contributed by atoms with van der Waals surface area (Å²) in [6.45, 7) is 11.6. The van der Waals surface area contributed by atoms with Crippen molar-refractivity contribution < 1.29 is 4.57 Å². The number of nitrogens with zero attached hydrogens (tertiary/aromatic N) is 1. The Morgan fingerprint density at radius 3 is 2.38 bits per heavy atom. The fourth-order valence-electron chi connectivity index (χ4n) is 7.43.